The lowest BCUT2D eigenvalue weighted by Crippen LogP contribution is -2.22. The molecular weight excluding hydrogens is 221 g/mol. The Morgan fingerprint density at radius 2 is 2.18 bits per heavy atom. The van der Waals surface area contributed by atoms with E-state index in [1.807, 2.05) is 6.92 Å². The SMILES string of the molecule is CCCC(CN)C(O)c1ccc(OC)c(F)c1. The van der Waals surface area contributed by atoms with Crippen molar-refractivity contribution in [3.8, 4) is 5.75 Å². The second-order valence-corrected chi connectivity index (χ2v) is 4.12. The number of aliphatic hydroxyl groups excluding tert-OH is 1. The van der Waals surface area contributed by atoms with E-state index in [2.05, 4.69) is 0 Å². The van der Waals surface area contributed by atoms with Crippen molar-refractivity contribution in [2.24, 2.45) is 11.7 Å². The number of halogens is 1. The van der Waals surface area contributed by atoms with Gasteiger partial charge in [-0.05, 0) is 30.7 Å². The van der Waals surface area contributed by atoms with Crippen LogP contribution in [0.25, 0.3) is 0 Å². The van der Waals surface area contributed by atoms with Crippen LogP contribution < -0.4 is 10.5 Å². The Morgan fingerprint density at radius 3 is 2.65 bits per heavy atom. The quantitative estimate of drug-likeness (QED) is 0.803. The maximum atomic E-state index is 13.5. The highest BCUT2D eigenvalue weighted by atomic mass is 19.1. The lowest BCUT2D eigenvalue weighted by Gasteiger charge is -2.21. The van der Waals surface area contributed by atoms with Crippen LogP contribution in [-0.4, -0.2) is 18.8 Å². The van der Waals surface area contributed by atoms with Gasteiger partial charge in [-0.25, -0.2) is 4.39 Å². The fourth-order valence-electron chi connectivity index (χ4n) is 1.91. The van der Waals surface area contributed by atoms with Crippen LogP contribution in [0.5, 0.6) is 5.75 Å². The van der Waals surface area contributed by atoms with Crippen molar-refractivity contribution in [2.45, 2.75) is 25.9 Å². The number of hydrogen-bond acceptors (Lipinski definition) is 3. The van der Waals surface area contributed by atoms with Crippen LogP contribution in [-0.2, 0) is 0 Å². The molecule has 1 aromatic rings. The third kappa shape index (κ3) is 3.41. The second-order valence-electron chi connectivity index (χ2n) is 4.12. The maximum absolute atomic E-state index is 13.5. The predicted octanol–water partition coefficient (Wildman–Crippen LogP) is 2.24. The predicted molar refractivity (Wildman–Crippen MR) is 65.4 cm³/mol. The van der Waals surface area contributed by atoms with Gasteiger partial charge in [0.2, 0.25) is 0 Å². The monoisotopic (exact) mass is 241 g/mol. The first-order valence-electron chi connectivity index (χ1n) is 5.85. The van der Waals surface area contributed by atoms with Gasteiger partial charge in [-0.3, -0.25) is 0 Å². The molecule has 0 amide bonds. The molecule has 0 spiro atoms. The third-order valence-electron chi connectivity index (χ3n) is 2.93. The number of ether oxygens (including phenoxy) is 1. The number of aliphatic hydroxyl groups is 1. The fourth-order valence-corrected chi connectivity index (χ4v) is 1.91. The van der Waals surface area contributed by atoms with Gasteiger partial charge in [0.15, 0.2) is 11.6 Å². The van der Waals surface area contributed by atoms with E-state index in [0.717, 1.165) is 12.8 Å². The largest absolute Gasteiger partial charge is 0.494 e. The van der Waals surface area contributed by atoms with Gasteiger partial charge in [0, 0.05) is 5.92 Å². The smallest absolute Gasteiger partial charge is 0.165 e. The highest BCUT2D eigenvalue weighted by Gasteiger charge is 2.20. The summed E-state index contributed by atoms with van der Waals surface area (Å²) in [6, 6.07) is 4.50. The molecule has 1 rings (SSSR count). The standard InChI is InChI=1S/C13H20FNO2/c1-3-4-10(8-15)13(16)9-5-6-12(17-2)11(14)7-9/h5-7,10,13,16H,3-4,8,15H2,1-2H3. The molecule has 0 aliphatic rings. The van der Waals surface area contributed by atoms with Gasteiger partial charge in [0.05, 0.1) is 13.2 Å². The molecule has 0 saturated heterocycles. The van der Waals surface area contributed by atoms with Crippen molar-refractivity contribution in [2.75, 3.05) is 13.7 Å². The van der Waals surface area contributed by atoms with Crippen LogP contribution in [0.4, 0.5) is 4.39 Å². The summed E-state index contributed by atoms with van der Waals surface area (Å²) in [5, 5.41) is 10.1. The molecule has 0 aliphatic carbocycles. The highest BCUT2D eigenvalue weighted by molar-refractivity contribution is 5.30. The van der Waals surface area contributed by atoms with Crippen molar-refractivity contribution in [1.82, 2.24) is 0 Å². The Hall–Kier alpha value is -1.13. The second kappa shape index (κ2) is 6.57. The molecule has 0 aliphatic heterocycles. The Kier molecular flexibility index (Phi) is 5.38. The van der Waals surface area contributed by atoms with Gasteiger partial charge in [-0.15, -0.1) is 0 Å². The van der Waals surface area contributed by atoms with Gasteiger partial charge >= 0.3 is 0 Å². The molecule has 0 radical (unpaired) electrons. The van der Waals surface area contributed by atoms with Crippen LogP contribution in [0.2, 0.25) is 0 Å². The molecule has 4 heteroatoms. The summed E-state index contributed by atoms with van der Waals surface area (Å²) in [6.45, 7) is 2.42. The Labute approximate surface area is 101 Å². The van der Waals surface area contributed by atoms with Gasteiger partial charge in [-0.2, -0.15) is 0 Å². The third-order valence-corrected chi connectivity index (χ3v) is 2.93. The molecule has 0 bridgehead atoms. The van der Waals surface area contributed by atoms with Crippen LogP contribution in [0.3, 0.4) is 0 Å². The Morgan fingerprint density at radius 1 is 1.47 bits per heavy atom. The normalized spacial score (nSPS) is 14.4. The molecule has 17 heavy (non-hydrogen) atoms. The highest BCUT2D eigenvalue weighted by Crippen LogP contribution is 2.28. The van der Waals surface area contributed by atoms with E-state index in [9.17, 15) is 9.50 Å². The minimum absolute atomic E-state index is 0.0344. The summed E-state index contributed by atoms with van der Waals surface area (Å²) in [4.78, 5) is 0. The van der Waals surface area contributed by atoms with Crippen molar-refractivity contribution in [3.63, 3.8) is 0 Å². The van der Waals surface area contributed by atoms with Crippen LogP contribution in [0, 0.1) is 11.7 Å². The molecule has 96 valence electrons. The molecule has 0 heterocycles. The topological polar surface area (TPSA) is 55.5 Å². The van der Waals surface area contributed by atoms with Crippen molar-refractivity contribution in [1.29, 1.82) is 0 Å². The molecule has 0 saturated carbocycles. The number of benzene rings is 1. The number of hydrogen-bond donors (Lipinski definition) is 2. The first kappa shape index (κ1) is 13.9. The van der Waals surface area contributed by atoms with Gasteiger partial charge in [-0.1, -0.05) is 19.4 Å². The average molecular weight is 241 g/mol. The minimum Gasteiger partial charge on any atom is -0.494 e. The van der Waals surface area contributed by atoms with Gasteiger partial charge < -0.3 is 15.6 Å². The number of methoxy groups -OCH3 is 1. The van der Waals surface area contributed by atoms with E-state index in [4.69, 9.17) is 10.5 Å². The molecule has 3 nitrogen and oxygen atoms in total. The lowest BCUT2D eigenvalue weighted by atomic mass is 9.92. The summed E-state index contributed by atoms with van der Waals surface area (Å²) in [7, 11) is 1.41. The van der Waals surface area contributed by atoms with E-state index in [0.29, 0.717) is 12.1 Å². The van der Waals surface area contributed by atoms with E-state index in [1.165, 1.54) is 19.2 Å². The zero-order valence-electron chi connectivity index (χ0n) is 10.3. The summed E-state index contributed by atoms with van der Waals surface area (Å²) in [5.74, 6) is -0.315. The van der Waals surface area contributed by atoms with Crippen molar-refractivity contribution < 1.29 is 14.2 Å². The summed E-state index contributed by atoms with van der Waals surface area (Å²) < 4.78 is 18.3. The minimum atomic E-state index is -0.722. The molecule has 2 atom stereocenters. The van der Waals surface area contributed by atoms with E-state index in [-0.39, 0.29) is 11.7 Å². The maximum Gasteiger partial charge on any atom is 0.165 e. The van der Waals surface area contributed by atoms with Crippen molar-refractivity contribution in [3.05, 3.63) is 29.6 Å². The van der Waals surface area contributed by atoms with E-state index < -0.39 is 11.9 Å². The van der Waals surface area contributed by atoms with E-state index in [1.54, 1.807) is 6.07 Å². The van der Waals surface area contributed by atoms with Crippen LogP contribution >= 0.6 is 0 Å². The van der Waals surface area contributed by atoms with Gasteiger partial charge in [0.1, 0.15) is 0 Å². The molecule has 1 aromatic carbocycles. The fraction of sp³-hybridized carbons (Fsp3) is 0.538. The molecule has 2 unspecified atom stereocenters. The zero-order chi connectivity index (χ0) is 12.8. The first-order chi connectivity index (χ1) is 8.13. The number of rotatable bonds is 6. The lowest BCUT2D eigenvalue weighted by molar-refractivity contribution is 0.106. The number of nitrogens with two attached hydrogens (primary N) is 1. The molecular formula is C13H20FNO2. The molecule has 0 fully saturated rings. The Bertz CT molecular complexity index is 357. The molecule has 3 N–H and O–H groups in total. The van der Waals surface area contributed by atoms with Gasteiger partial charge in [0.25, 0.3) is 0 Å². The Balaban J connectivity index is 2.87. The van der Waals surface area contributed by atoms with Crippen molar-refractivity contribution >= 4 is 0 Å². The summed E-state index contributed by atoms with van der Waals surface area (Å²) in [5.41, 5.74) is 6.16. The van der Waals surface area contributed by atoms with E-state index >= 15 is 0 Å². The van der Waals surface area contributed by atoms with Crippen LogP contribution in [0.1, 0.15) is 31.4 Å². The first-order valence-corrected chi connectivity index (χ1v) is 5.85. The summed E-state index contributed by atoms with van der Waals surface area (Å²) >= 11 is 0. The molecule has 0 aromatic heterocycles. The summed E-state index contributed by atoms with van der Waals surface area (Å²) in [6.07, 6.45) is 1.04. The average Bonchev–Trinajstić information content (AvgIpc) is 2.35. The zero-order valence-corrected chi connectivity index (χ0v) is 10.3. The van der Waals surface area contributed by atoms with Crippen LogP contribution in [0.15, 0.2) is 18.2 Å².